The Morgan fingerprint density at radius 2 is 1.83 bits per heavy atom. The lowest BCUT2D eigenvalue weighted by molar-refractivity contribution is -0.383. The summed E-state index contributed by atoms with van der Waals surface area (Å²) in [6, 6.07) is 0. The minimum atomic E-state index is -0.454. The van der Waals surface area contributed by atoms with Crippen molar-refractivity contribution < 1.29 is 4.92 Å². The van der Waals surface area contributed by atoms with Crippen molar-refractivity contribution in [2.75, 3.05) is 41.7 Å². The molecule has 2 aliphatic heterocycles. The summed E-state index contributed by atoms with van der Waals surface area (Å²) >= 11 is 0. The Bertz CT molecular complexity index is 588. The van der Waals surface area contributed by atoms with Crippen molar-refractivity contribution in [3.8, 4) is 0 Å². The molecule has 0 aromatic carbocycles. The van der Waals surface area contributed by atoms with E-state index in [1.165, 1.54) is 6.42 Å². The third kappa shape index (κ3) is 3.30. The highest BCUT2D eigenvalue weighted by Crippen LogP contribution is 2.35. The summed E-state index contributed by atoms with van der Waals surface area (Å²) < 4.78 is 0. The smallest absolute Gasteiger partial charge is 0.353 e. The second-order valence-corrected chi connectivity index (χ2v) is 6.58. The molecule has 0 radical (unpaired) electrons. The molecular weight excluding hydrogens is 296 g/mol. The zero-order valence-corrected chi connectivity index (χ0v) is 13.6. The van der Waals surface area contributed by atoms with E-state index in [0.717, 1.165) is 51.9 Å². The normalized spacial score (nSPS) is 22.2. The second kappa shape index (κ2) is 6.55. The molecular formula is C15H24N6O2. The highest BCUT2D eigenvalue weighted by molar-refractivity contribution is 5.71. The maximum atomic E-state index is 11.5. The zero-order valence-electron chi connectivity index (χ0n) is 13.6. The lowest BCUT2D eigenvalue weighted by Gasteiger charge is -2.33. The lowest BCUT2D eigenvalue weighted by Crippen LogP contribution is -2.37. The Morgan fingerprint density at radius 3 is 2.48 bits per heavy atom. The first-order valence-electron chi connectivity index (χ1n) is 8.38. The summed E-state index contributed by atoms with van der Waals surface area (Å²) in [6.45, 7) is 5.48. The molecule has 2 fully saturated rings. The van der Waals surface area contributed by atoms with Crippen LogP contribution >= 0.6 is 0 Å². The van der Waals surface area contributed by atoms with E-state index in [9.17, 15) is 10.1 Å². The number of rotatable bonds is 3. The number of nitrogen functional groups attached to an aromatic ring is 1. The average molecular weight is 320 g/mol. The average Bonchev–Trinajstić information content (AvgIpc) is 2.54. The van der Waals surface area contributed by atoms with Crippen LogP contribution in [-0.4, -0.2) is 41.1 Å². The number of nitrogens with two attached hydrogens (primary N) is 1. The molecule has 23 heavy (non-hydrogen) atoms. The van der Waals surface area contributed by atoms with E-state index in [2.05, 4.69) is 21.8 Å². The largest absolute Gasteiger partial charge is 0.378 e. The Hall–Kier alpha value is -2.12. The summed E-state index contributed by atoms with van der Waals surface area (Å²) in [5, 5.41) is 11.5. The molecule has 2 saturated heterocycles. The SMILES string of the molecule is C[C@@H]1CCCN(c2nc(N3CCCCC3)nc(N)c2[N+](=O)[O-])C1. The van der Waals surface area contributed by atoms with Gasteiger partial charge in [-0.25, -0.2) is 0 Å². The standard InChI is InChI=1S/C15H24N6O2/c1-11-6-5-9-20(10-11)14-12(21(22)23)13(16)17-15(18-14)19-7-3-2-4-8-19/h11H,2-10H2,1H3,(H2,16,17,18)/t11-/m1/s1. The first-order chi connectivity index (χ1) is 11.1. The first kappa shape index (κ1) is 15.8. The van der Waals surface area contributed by atoms with Crippen molar-refractivity contribution >= 4 is 23.3 Å². The topological polar surface area (TPSA) is 101 Å². The van der Waals surface area contributed by atoms with Crippen molar-refractivity contribution in [3.05, 3.63) is 10.1 Å². The fourth-order valence-electron chi connectivity index (χ4n) is 3.46. The molecule has 8 heteroatoms. The molecule has 3 heterocycles. The predicted octanol–water partition coefficient (Wildman–Crippen LogP) is 2.19. The number of hydrogen-bond acceptors (Lipinski definition) is 7. The summed E-state index contributed by atoms with van der Waals surface area (Å²) in [5.74, 6) is 1.38. The molecule has 1 aromatic heterocycles. The number of aromatic nitrogens is 2. The van der Waals surface area contributed by atoms with E-state index in [0.29, 0.717) is 17.7 Å². The van der Waals surface area contributed by atoms with Crippen molar-refractivity contribution in [1.29, 1.82) is 0 Å². The van der Waals surface area contributed by atoms with Crippen LogP contribution < -0.4 is 15.5 Å². The highest BCUT2D eigenvalue weighted by Gasteiger charge is 2.30. The van der Waals surface area contributed by atoms with Gasteiger partial charge in [0.1, 0.15) is 0 Å². The van der Waals surface area contributed by atoms with Crippen LogP contribution in [0.15, 0.2) is 0 Å². The molecule has 1 atom stereocenters. The minimum absolute atomic E-state index is 0.0289. The molecule has 2 aliphatic rings. The fourth-order valence-corrected chi connectivity index (χ4v) is 3.46. The Labute approximate surface area is 135 Å². The van der Waals surface area contributed by atoms with Crippen LogP contribution in [0, 0.1) is 16.0 Å². The molecule has 0 unspecified atom stereocenters. The van der Waals surface area contributed by atoms with Gasteiger partial charge in [0.25, 0.3) is 0 Å². The number of nitro groups is 1. The molecule has 0 saturated carbocycles. The van der Waals surface area contributed by atoms with Gasteiger partial charge in [-0.15, -0.1) is 0 Å². The van der Waals surface area contributed by atoms with Gasteiger partial charge < -0.3 is 15.5 Å². The Balaban J connectivity index is 1.99. The molecule has 2 N–H and O–H groups in total. The van der Waals surface area contributed by atoms with Crippen molar-refractivity contribution in [1.82, 2.24) is 9.97 Å². The second-order valence-electron chi connectivity index (χ2n) is 6.58. The van der Waals surface area contributed by atoms with Gasteiger partial charge in [-0.05, 0) is 38.0 Å². The van der Waals surface area contributed by atoms with Gasteiger partial charge in [-0.2, -0.15) is 9.97 Å². The number of anilines is 3. The van der Waals surface area contributed by atoms with Crippen molar-refractivity contribution in [2.45, 2.75) is 39.0 Å². The predicted molar refractivity (Wildman–Crippen MR) is 89.8 cm³/mol. The van der Waals surface area contributed by atoms with Crippen LogP contribution in [0.25, 0.3) is 0 Å². The first-order valence-corrected chi connectivity index (χ1v) is 8.38. The van der Waals surface area contributed by atoms with Crippen LogP contribution in [0.2, 0.25) is 0 Å². The van der Waals surface area contributed by atoms with E-state index in [1.807, 2.05) is 4.90 Å². The maximum Gasteiger partial charge on any atom is 0.353 e. The zero-order chi connectivity index (χ0) is 16.4. The molecule has 1 aromatic rings. The summed E-state index contributed by atoms with van der Waals surface area (Å²) in [4.78, 5) is 23.9. The molecule has 0 spiro atoms. The van der Waals surface area contributed by atoms with E-state index < -0.39 is 4.92 Å². The molecule has 126 valence electrons. The number of piperidine rings is 2. The highest BCUT2D eigenvalue weighted by atomic mass is 16.6. The van der Waals surface area contributed by atoms with Gasteiger partial charge in [0.15, 0.2) is 0 Å². The number of nitrogens with zero attached hydrogens (tertiary/aromatic N) is 5. The van der Waals surface area contributed by atoms with E-state index >= 15 is 0 Å². The number of hydrogen-bond donors (Lipinski definition) is 1. The molecule has 3 rings (SSSR count). The molecule has 0 amide bonds. The van der Waals surface area contributed by atoms with Crippen LogP contribution in [0.4, 0.5) is 23.3 Å². The van der Waals surface area contributed by atoms with Gasteiger partial charge in [0.2, 0.25) is 17.6 Å². The van der Waals surface area contributed by atoms with Crippen LogP contribution in [-0.2, 0) is 0 Å². The van der Waals surface area contributed by atoms with Gasteiger partial charge >= 0.3 is 5.69 Å². The van der Waals surface area contributed by atoms with Crippen LogP contribution in [0.5, 0.6) is 0 Å². The molecule has 0 aliphatic carbocycles. The lowest BCUT2D eigenvalue weighted by atomic mass is 10.0. The van der Waals surface area contributed by atoms with E-state index in [-0.39, 0.29) is 11.5 Å². The van der Waals surface area contributed by atoms with Crippen molar-refractivity contribution in [3.63, 3.8) is 0 Å². The minimum Gasteiger partial charge on any atom is -0.378 e. The Kier molecular flexibility index (Phi) is 4.49. The Morgan fingerprint density at radius 1 is 1.13 bits per heavy atom. The van der Waals surface area contributed by atoms with Gasteiger partial charge in [0, 0.05) is 26.2 Å². The molecule has 8 nitrogen and oxygen atoms in total. The quantitative estimate of drug-likeness (QED) is 0.672. The third-order valence-corrected chi connectivity index (χ3v) is 4.66. The van der Waals surface area contributed by atoms with Crippen LogP contribution in [0.3, 0.4) is 0 Å². The summed E-state index contributed by atoms with van der Waals surface area (Å²) in [5.41, 5.74) is 5.77. The van der Waals surface area contributed by atoms with Crippen molar-refractivity contribution in [2.24, 2.45) is 5.92 Å². The summed E-state index contributed by atoms with van der Waals surface area (Å²) in [6.07, 6.45) is 5.55. The monoisotopic (exact) mass is 320 g/mol. The maximum absolute atomic E-state index is 11.5. The van der Waals surface area contributed by atoms with Gasteiger partial charge in [0.05, 0.1) is 4.92 Å². The van der Waals surface area contributed by atoms with Crippen LogP contribution in [0.1, 0.15) is 39.0 Å². The molecule has 0 bridgehead atoms. The van der Waals surface area contributed by atoms with Gasteiger partial charge in [-0.3, -0.25) is 10.1 Å². The van der Waals surface area contributed by atoms with Gasteiger partial charge in [-0.1, -0.05) is 6.92 Å². The third-order valence-electron chi connectivity index (χ3n) is 4.66. The summed E-state index contributed by atoms with van der Waals surface area (Å²) in [7, 11) is 0. The van der Waals surface area contributed by atoms with E-state index in [1.54, 1.807) is 0 Å². The fraction of sp³-hybridized carbons (Fsp3) is 0.733. The van der Waals surface area contributed by atoms with E-state index in [4.69, 9.17) is 5.73 Å².